The van der Waals surface area contributed by atoms with Crippen molar-refractivity contribution in [2.75, 3.05) is 13.2 Å². The van der Waals surface area contributed by atoms with Gasteiger partial charge in [0.15, 0.2) is 12.6 Å². The highest BCUT2D eigenvalue weighted by atomic mass is 16.8. The van der Waals surface area contributed by atoms with Crippen molar-refractivity contribution in [1.29, 1.82) is 0 Å². The Kier molecular flexibility index (Phi) is 7.69. The van der Waals surface area contributed by atoms with Crippen molar-refractivity contribution in [2.45, 2.75) is 50.3 Å². The number of rotatable bonds is 7. The summed E-state index contributed by atoms with van der Waals surface area (Å²) in [6.45, 7) is 2.32. The second-order valence-corrected chi connectivity index (χ2v) is 8.67. The molecule has 0 radical (unpaired) electrons. The zero-order valence-corrected chi connectivity index (χ0v) is 19.9. The number of aromatic nitrogens is 1. The Balaban J connectivity index is 1.42. The molecule has 0 amide bonds. The largest absolute Gasteiger partial charge is 0.466 e. The number of carbonyl (C=O) groups is 1. The van der Waals surface area contributed by atoms with Crippen LogP contribution in [0.1, 0.15) is 48.1 Å². The molecule has 2 aliphatic rings. The number of carbonyl (C=O) groups excluding carboxylic acids is 1. The van der Waals surface area contributed by atoms with Crippen LogP contribution >= 0.6 is 0 Å². The minimum atomic E-state index is -1.13. The zero-order valence-electron chi connectivity index (χ0n) is 19.9. The van der Waals surface area contributed by atoms with E-state index >= 15 is 0 Å². The predicted octanol–water partition coefficient (Wildman–Crippen LogP) is 3.82. The molecule has 3 heterocycles. The monoisotopic (exact) mass is 491 g/mol. The first-order valence-corrected chi connectivity index (χ1v) is 12.1. The lowest BCUT2D eigenvalue weighted by Gasteiger charge is -2.47. The molecular weight excluding hydrogens is 462 g/mol. The van der Waals surface area contributed by atoms with Crippen molar-refractivity contribution in [1.82, 2.24) is 4.98 Å². The number of benzene rings is 2. The summed E-state index contributed by atoms with van der Waals surface area (Å²) in [5.41, 5.74) is 2.56. The number of pyridine rings is 1. The Labute approximate surface area is 209 Å². The molecule has 2 unspecified atom stereocenters. The van der Waals surface area contributed by atoms with Crippen LogP contribution in [0.5, 0.6) is 0 Å². The van der Waals surface area contributed by atoms with Gasteiger partial charge in [0.2, 0.25) is 0 Å². The molecule has 5 rings (SSSR count). The van der Waals surface area contributed by atoms with Gasteiger partial charge in [0.1, 0.15) is 24.4 Å². The molecule has 2 aromatic carbocycles. The normalized spacial score (nSPS) is 26.6. The highest BCUT2D eigenvalue weighted by Gasteiger charge is 2.48. The summed E-state index contributed by atoms with van der Waals surface area (Å²) in [5.74, 6) is -0.373. The third-order valence-corrected chi connectivity index (χ3v) is 6.18. The molecule has 2 fully saturated rings. The first-order chi connectivity index (χ1) is 17.6. The molecule has 0 saturated carbocycles. The maximum absolute atomic E-state index is 12.0. The van der Waals surface area contributed by atoms with E-state index in [0.29, 0.717) is 18.0 Å². The van der Waals surface area contributed by atoms with E-state index in [1.807, 2.05) is 60.7 Å². The predicted molar refractivity (Wildman–Crippen MR) is 128 cm³/mol. The number of fused-ring (bicyclic) bond motifs is 1. The van der Waals surface area contributed by atoms with E-state index in [-0.39, 0.29) is 19.0 Å². The number of aliphatic hydroxyl groups excluding tert-OH is 1. The van der Waals surface area contributed by atoms with Crippen LogP contribution < -0.4 is 0 Å². The molecule has 36 heavy (non-hydrogen) atoms. The van der Waals surface area contributed by atoms with Crippen LogP contribution in [0.2, 0.25) is 0 Å². The second-order valence-electron chi connectivity index (χ2n) is 8.67. The number of nitrogens with zero attached hydrogens (tertiary/aromatic N) is 1. The van der Waals surface area contributed by atoms with Crippen LogP contribution in [0.3, 0.4) is 0 Å². The minimum Gasteiger partial charge on any atom is -0.466 e. The van der Waals surface area contributed by atoms with Crippen molar-refractivity contribution >= 4 is 5.97 Å². The van der Waals surface area contributed by atoms with Gasteiger partial charge in [0, 0.05) is 11.1 Å². The van der Waals surface area contributed by atoms with E-state index in [0.717, 1.165) is 11.1 Å². The van der Waals surface area contributed by atoms with Crippen LogP contribution in [0.4, 0.5) is 0 Å². The molecule has 188 valence electrons. The molecule has 2 saturated heterocycles. The molecule has 3 aromatic rings. The zero-order chi connectivity index (χ0) is 24.9. The topological polar surface area (TPSA) is 96.3 Å². The summed E-state index contributed by atoms with van der Waals surface area (Å²) in [5, 5.41) is 11.5. The average Bonchev–Trinajstić information content (AvgIpc) is 2.93. The standard InChI is InChI=1S/C28H29NO7/c1-2-32-23(30)16-20-14-9-15-21(29-20)24(31)26-25-22(34-28(36-26)19-12-7-4-8-13-19)17-33-27(35-25)18-10-5-3-6-11-18/h3-15,22,24-28,31H,2,16-17H2,1H3/t22-,24+,25-,26+,27?,28?/m1/s1. The smallest absolute Gasteiger partial charge is 0.311 e. The van der Waals surface area contributed by atoms with Crippen LogP contribution in [-0.4, -0.2) is 47.6 Å². The van der Waals surface area contributed by atoms with Gasteiger partial charge in [-0.25, -0.2) is 0 Å². The summed E-state index contributed by atoms with van der Waals surface area (Å²) in [4.78, 5) is 16.5. The lowest BCUT2D eigenvalue weighted by molar-refractivity contribution is -0.373. The highest BCUT2D eigenvalue weighted by molar-refractivity contribution is 5.71. The van der Waals surface area contributed by atoms with Crippen LogP contribution in [0.25, 0.3) is 0 Å². The summed E-state index contributed by atoms with van der Waals surface area (Å²) in [7, 11) is 0. The third-order valence-electron chi connectivity index (χ3n) is 6.18. The third kappa shape index (κ3) is 5.48. The van der Waals surface area contributed by atoms with Crippen molar-refractivity contribution in [2.24, 2.45) is 0 Å². The van der Waals surface area contributed by atoms with Crippen molar-refractivity contribution in [3.8, 4) is 0 Å². The van der Waals surface area contributed by atoms with Gasteiger partial charge < -0.3 is 28.8 Å². The molecular formula is C28H29NO7. The van der Waals surface area contributed by atoms with Crippen molar-refractivity contribution in [3.05, 3.63) is 101 Å². The molecule has 8 nitrogen and oxygen atoms in total. The maximum Gasteiger partial charge on any atom is 0.311 e. The van der Waals surface area contributed by atoms with Crippen LogP contribution in [0.15, 0.2) is 78.9 Å². The van der Waals surface area contributed by atoms with E-state index in [1.54, 1.807) is 25.1 Å². The SMILES string of the molecule is CCOC(=O)Cc1cccc([C@H](O)[C@@H]2OC(c3ccccc3)O[C@@H]3COC(c4ccccc4)O[C@@H]23)n1. The Bertz CT molecular complexity index is 1140. The lowest BCUT2D eigenvalue weighted by atomic mass is 9.97. The Morgan fingerprint density at radius 2 is 1.64 bits per heavy atom. The van der Waals surface area contributed by atoms with E-state index in [9.17, 15) is 9.90 Å². The molecule has 0 bridgehead atoms. The molecule has 8 heteroatoms. The van der Waals surface area contributed by atoms with Gasteiger partial charge >= 0.3 is 5.97 Å². The number of ether oxygens (including phenoxy) is 5. The Morgan fingerprint density at radius 1 is 0.944 bits per heavy atom. The van der Waals surface area contributed by atoms with Gasteiger partial charge in [-0.1, -0.05) is 66.7 Å². The van der Waals surface area contributed by atoms with Crippen LogP contribution in [0, 0.1) is 0 Å². The van der Waals surface area contributed by atoms with E-state index < -0.39 is 37.0 Å². The fourth-order valence-corrected chi connectivity index (χ4v) is 4.46. The van der Waals surface area contributed by atoms with Crippen molar-refractivity contribution in [3.63, 3.8) is 0 Å². The quantitative estimate of drug-likeness (QED) is 0.499. The fourth-order valence-electron chi connectivity index (χ4n) is 4.46. The Morgan fingerprint density at radius 3 is 2.33 bits per heavy atom. The minimum absolute atomic E-state index is 0.0160. The molecule has 1 N–H and O–H groups in total. The van der Waals surface area contributed by atoms with Gasteiger partial charge in [0.25, 0.3) is 0 Å². The van der Waals surface area contributed by atoms with E-state index in [1.165, 1.54) is 0 Å². The van der Waals surface area contributed by atoms with Gasteiger partial charge in [-0.15, -0.1) is 0 Å². The van der Waals surface area contributed by atoms with Gasteiger partial charge in [-0.05, 0) is 19.1 Å². The summed E-state index contributed by atoms with van der Waals surface area (Å²) < 4.78 is 29.9. The summed E-state index contributed by atoms with van der Waals surface area (Å²) in [6, 6.07) is 24.3. The number of hydrogen-bond acceptors (Lipinski definition) is 8. The average molecular weight is 492 g/mol. The number of esters is 1. The number of hydrogen-bond donors (Lipinski definition) is 1. The van der Waals surface area contributed by atoms with Gasteiger partial charge in [-0.3, -0.25) is 9.78 Å². The molecule has 2 aliphatic heterocycles. The van der Waals surface area contributed by atoms with E-state index in [2.05, 4.69) is 4.98 Å². The molecule has 0 spiro atoms. The number of aliphatic hydroxyl groups is 1. The molecule has 0 aliphatic carbocycles. The van der Waals surface area contributed by atoms with Crippen LogP contribution in [-0.2, 0) is 34.9 Å². The first-order valence-electron chi connectivity index (χ1n) is 12.1. The van der Waals surface area contributed by atoms with Crippen molar-refractivity contribution < 1.29 is 33.6 Å². The molecule has 6 atom stereocenters. The summed E-state index contributed by atoms with van der Waals surface area (Å²) in [6.07, 6.45) is -4.33. The van der Waals surface area contributed by atoms with E-state index in [4.69, 9.17) is 23.7 Å². The molecule has 1 aromatic heterocycles. The highest BCUT2D eigenvalue weighted by Crippen LogP contribution is 2.41. The van der Waals surface area contributed by atoms with Gasteiger partial charge in [-0.2, -0.15) is 0 Å². The maximum atomic E-state index is 12.0. The van der Waals surface area contributed by atoms with Gasteiger partial charge in [0.05, 0.1) is 31.0 Å². The lowest BCUT2D eigenvalue weighted by Crippen LogP contribution is -2.56. The summed E-state index contributed by atoms with van der Waals surface area (Å²) >= 11 is 0. The fraction of sp³-hybridized carbons (Fsp3) is 0.357. The first kappa shape index (κ1) is 24.5. The Hall–Kier alpha value is -3.14. The second kappa shape index (κ2) is 11.3.